The monoisotopic (exact) mass is 359 g/mol. The molecule has 2 heterocycles. The first-order valence-corrected chi connectivity index (χ1v) is 8.39. The van der Waals surface area contributed by atoms with E-state index in [0.29, 0.717) is 43.5 Å². The third-order valence-electron chi connectivity index (χ3n) is 3.96. The summed E-state index contributed by atoms with van der Waals surface area (Å²) in [6.07, 6.45) is 0. The average molecular weight is 359 g/mol. The van der Waals surface area contributed by atoms with Crippen molar-refractivity contribution in [3.05, 3.63) is 30.0 Å². The topological polar surface area (TPSA) is 94.0 Å². The molecule has 0 bridgehead atoms. The Kier molecular flexibility index (Phi) is 5.52. The van der Waals surface area contributed by atoms with Crippen LogP contribution in [0.2, 0.25) is 0 Å². The zero-order valence-corrected chi connectivity index (χ0v) is 14.8. The number of morpholine rings is 1. The van der Waals surface area contributed by atoms with Gasteiger partial charge in [0.05, 0.1) is 26.9 Å². The van der Waals surface area contributed by atoms with Crippen LogP contribution in [0.1, 0.15) is 17.4 Å². The average Bonchev–Trinajstić information content (AvgIpc) is 2.68. The molecule has 2 aromatic rings. The summed E-state index contributed by atoms with van der Waals surface area (Å²) in [7, 11) is 1.48. The second kappa shape index (κ2) is 8.01. The number of phenolic OH excluding ortho intramolecular Hbond substituents is 1. The van der Waals surface area contributed by atoms with Crippen LogP contribution in [0.5, 0.6) is 11.5 Å². The van der Waals surface area contributed by atoms with E-state index in [1.54, 1.807) is 31.2 Å². The lowest BCUT2D eigenvalue weighted by atomic mass is 10.2. The number of methoxy groups -OCH3 is 1. The highest BCUT2D eigenvalue weighted by Gasteiger charge is 2.26. The lowest BCUT2D eigenvalue weighted by molar-refractivity contribution is 0.0515. The molecule has 0 amide bonds. The van der Waals surface area contributed by atoms with Gasteiger partial charge < -0.3 is 24.2 Å². The van der Waals surface area contributed by atoms with Crippen molar-refractivity contribution in [1.82, 2.24) is 9.97 Å². The van der Waals surface area contributed by atoms with E-state index in [1.165, 1.54) is 7.11 Å². The van der Waals surface area contributed by atoms with Gasteiger partial charge >= 0.3 is 5.97 Å². The highest BCUT2D eigenvalue weighted by molar-refractivity contribution is 5.93. The fourth-order valence-corrected chi connectivity index (χ4v) is 2.69. The minimum Gasteiger partial charge on any atom is -0.508 e. The Morgan fingerprint density at radius 2 is 1.92 bits per heavy atom. The minimum absolute atomic E-state index is 0.0777. The van der Waals surface area contributed by atoms with Crippen LogP contribution in [-0.2, 0) is 9.47 Å². The summed E-state index contributed by atoms with van der Waals surface area (Å²) in [4.78, 5) is 23.4. The van der Waals surface area contributed by atoms with Crippen molar-refractivity contribution in [3.63, 3.8) is 0 Å². The fraction of sp³-hybridized carbons (Fsp3) is 0.389. The summed E-state index contributed by atoms with van der Waals surface area (Å²) in [5.41, 5.74) is 0.749. The van der Waals surface area contributed by atoms with Crippen LogP contribution < -0.4 is 9.64 Å². The predicted molar refractivity (Wildman–Crippen MR) is 94.7 cm³/mol. The molecule has 1 aromatic carbocycles. The summed E-state index contributed by atoms with van der Waals surface area (Å²) < 4.78 is 16.0. The number of carbonyl (C=O) groups excluding carboxylic acids is 1. The molecule has 1 aliphatic heterocycles. The normalized spacial score (nSPS) is 14.2. The second-order valence-electron chi connectivity index (χ2n) is 5.62. The number of esters is 1. The van der Waals surface area contributed by atoms with Crippen molar-refractivity contribution in [2.24, 2.45) is 0 Å². The SMILES string of the molecule is CCOC(=O)c1nc(-c2ccc(O)cc2)nc(N2CCOCC2)c1OC. The molecular formula is C18H21N3O5. The number of rotatable bonds is 5. The van der Waals surface area contributed by atoms with Crippen LogP contribution in [0.25, 0.3) is 11.4 Å². The van der Waals surface area contributed by atoms with Gasteiger partial charge in [0.1, 0.15) is 5.75 Å². The molecule has 0 saturated carbocycles. The maximum atomic E-state index is 12.4. The van der Waals surface area contributed by atoms with E-state index in [-0.39, 0.29) is 23.8 Å². The number of phenols is 1. The van der Waals surface area contributed by atoms with Gasteiger partial charge in [-0.3, -0.25) is 0 Å². The Hall–Kier alpha value is -2.87. The van der Waals surface area contributed by atoms with Gasteiger partial charge in [0.25, 0.3) is 0 Å². The largest absolute Gasteiger partial charge is 0.508 e. The molecular weight excluding hydrogens is 338 g/mol. The highest BCUT2D eigenvalue weighted by atomic mass is 16.5. The van der Waals surface area contributed by atoms with E-state index < -0.39 is 5.97 Å². The van der Waals surface area contributed by atoms with Crippen molar-refractivity contribution in [3.8, 4) is 22.9 Å². The van der Waals surface area contributed by atoms with E-state index in [1.807, 2.05) is 4.90 Å². The molecule has 1 aliphatic rings. The Labute approximate surface area is 151 Å². The number of carbonyl (C=O) groups is 1. The summed E-state index contributed by atoms with van der Waals surface area (Å²) >= 11 is 0. The number of aromatic nitrogens is 2. The van der Waals surface area contributed by atoms with Crippen LogP contribution in [0.4, 0.5) is 5.82 Å². The third-order valence-corrected chi connectivity index (χ3v) is 3.96. The van der Waals surface area contributed by atoms with Crippen LogP contribution in [0, 0.1) is 0 Å². The van der Waals surface area contributed by atoms with Crippen molar-refractivity contribution in [2.75, 3.05) is 44.9 Å². The van der Waals surface area contributed by atoms with E-state index >= 15 is 0 Å². The van der Waals surface area contributed by atoms with Gasteiger partial charge in [-0.2, -0.15) is 0 Å². The smallest absolute Gasteiger partial charge is 0.361 e. The summed E-state index contributed by atoms with van der Waals surface area (Å²) in [5, 5.41) is 9.50. The number of anilines is 1. The van der Waals surface area contributed by atoms with Crippen molar-refractivity contribution >= 4 is 11.8 Å². The van der Waals surface area contributed by atoms with Gasteiger partial charge in [0.2, 0.25) is 0 Å². The lowest BCUT2D eigenvalue weighted by Crippen LogP contribution is -2.37. The molecule has 8 nitrogen and oxygen atoms in total. The standard InChI is InChI=1S/C18H21N3O5/c1-3-26-18(23)14-15(24-2)17(21-8-10-25-11-9-21)20-16(19-14)12-4-6-13(22)7-5-12/h4-7,22H,3,8-11H2,1-2H3. The molecule has 0 atom stereocenters. The van der Waals surface area contributed by atoms with Crippen LogP contribution in [0.15, 0.2) is 24.3 Å². The number of ether oxygens (including phenoxy) is 3. The Morgan fingerprint density at radius 1 is 1.23 bits per heavy atom. The molecule has 3 rings (SSSR count). The number of hydrogen-bond acceptors (Lipinski definition) is 8. The predicted octanol–water partition coefficient (Wildman–Crippen LogP) is 1.87. The van der Waals surface area contributed by atoms with Crippen molar-refractivity contribution in [1.29, 1.82) is 0 Å². The zero-order valence-electron chi connectivity index (χ0n) is 14.8. The minimum atomic E-state index is -0.568. The summed E-state index contributed by atoms with van der Waals surface area (Å²) in [5.74, 6) is 0.739. The Bertz CT molecular complexity index is 773. The molecule has 138 valence electrons. The molecule has 0 spiro atoms. The van der Waals surface area contributed by atoms with E-state index in [9.17, 15) is 9.90 Å². The molecule has 1 fully saturated rings. The first-order chi connectivity index (χ1) is 12.6. The van der Waals surface area contributed by atoms with Gasteiger partial charge in [-0.15, -0.1) is 0 Å². The van der Waals surface area contributed by atoms with Gasteiger partial charge in [-0.25, -0.2) is 14.8 Å². The van der Waals surface area contributed by atoms with Crippen LogP contribution in [-0.4, -0.2) is 61.1 Å². The zero-order chi connectivity index (χ0) is 18.5. The fourth-order valence-electron chi connectivity index (χ4n) is 2.69. The van der Waals surface area contributed by atoms with Crippen molar-refractivity contribution in [2.45, 2.75) is 6.92 Å². The second-order valence-corrected chi connectivity index (χ2v) is 5.62. The third kappa shape index (κ3) is 3.70. The van der Waals surface area contributed by atoms with Gasteiger partial charge in [-0.1, -0.05) is 0 Å². The lowest BCUT2D eigenvalue weighted by Gasteiger charge is -2.29. The van der Waals surface area contributed by atoms with E-state index in [4.69, 9.17) is 14.2 Å². The number of benzene rings is 1. The molecule has 0 unspecified atom stereocenters. The Balaban J connectivity index is 2.13. The summed E-state index contributed by atoms with van der Waals surface area (Å²) in [6, 6.07) is 6.47. The van der Waals surface area contributed by atoms with Gasteiger partial charge in [-0.05, 0) is 31.2 Å². The molecule has 1 saturated heterocycles. The van der Waals surface area contributed by atoms with Crippen molar-refractivity contribution < 1.29 is 24.1 Å². The number of nitrogens with zero attached hydrogens (tertiary/aromatic N) is 3. The molecule has 1 aromatic heterocycles. The molecule has 8 heteroatoms. The maximum absolute atomic E-state index is 12.4. The quantitative estimate of drug-likeness (QED) is 0.809. The molecule has 0 radical (unpaired) electrons. The van der Waals surface area contributed by atoms with Gasteiger partial charge in [0, 0.05) is 18.7 Å². The number of hydrogen-bond donors (Lipinski definition) is 1. The van der Waals surface area contributed by atoms with Crippen LogP contribution in [0.3, 0.4) is 0 Å². The first-order valence-electron chi connectivity index (χ1n) is 8.39. The van der Waals surface area contributed by atoms with Gasteiger partial charge in [0.15, 0.2) is 23.1 Å². The van der Waals surface area contributed by atoms with E-state index in [2.05, 4.69) is 9.97 Å². The molecule has 26 heavy (non-hydrogen) atoms. The highest BCUT2D eigenvalue weighted by Crippen LogP contribution is 2.33. The molecule has 0 aliphatic carbocycles. The first kappa shape index (κ1) is 17.9. The summed E-state index contributed by atoms with van der Waals surface area (Å²) in [6.45, 7) is 4.35. The number of aromatic hydroxyl groups is 1. The Morgan fingerprint density at radius 3 is 2.54 bits per heavy atom. The molecule has 1 N–H and O–H groups in total. The maximum Gasteiger partial charge on any atom is 0.361 e. The van der Waals surface area contributed by atoms with Crippen LogP contribution >= 0.6 is 0 Å². The van der Waals surface area contributed by atoms with E-state index in [0.717, 1.165) is 0 Å².